The topological polar surface area (TPSA) is 63.1 Å². The van der Waals surface area contributed by atoms with E-state index in [2.05, 4.69) is 15.5 Å². The summed E-state index contributed by atoms with van der Waals surface area (Å²) in [4.78, 5) is 14.6. The van der Waals surface area contributed by atoms with E-state index in [1.54, 1.807) is 0 Å². The van der Waals surface area contributed by atoms with Gasteiger partial charge in [0.05, 0.1) is 5.75 Å². The van der Waals surface area contributed by atoms with Crippen LogP contribution in [0.4, 0.5) is 11.4 Å². The van der Waals surface area contributed by atoms with E-state index in [4.69, 9.17) is 11.6 Å². The molecule has 1 aromatic heterocycles. The molecule has 8 heteroatoms. The second-order valence-corrected chi connectivity index (χ2v) is 8.64. The van der Waals surface area contributed by atoms with Gasteiger partial charge in [-0.1, -0.05) is 41.6 Å². The van der Waals surface area contributed by atoms with Crippen LogP contribution in [0.2, 0.25) is 5.02 Å². The van der Waals surface area contributed by atoms with E-state index < -0.39 is 0 Å². The fraction of sp³-hybridized carbons (Fsp3) is 0.125. The normalized spacial score (nSPS) is 10.7. The Morgan fingerprint density at radius 1 is 0.969 bits per heavy atom. The van der Waals surface area contributed by atoms with Gasteiger partial charge in [-0.25, -0.2) is 0 Å². The number of hydrogen-bond donors (Lipinski definition) is 1. The fourth-order valence-corrected chi connectivity index (χ4v) is 4.01. The van der Waals surface area contributed by atoms with Crippen LogP contribution in [-0.2, 0) is 4.79 Å². The first-order valence-electron chi connectivity index (χ1n) is 9.98. The molecule has 162 valence electrons. The Balaban J connectivity index is 1.53. The van der Waals surface area contributed by atoms with Crippen LogP contribution in [0.3, 0.4) is 0 Å². The molecule has 0 atom stereocenters. The van der Waals surface area contributed by atoms with Crippen LogP contribution in [-0.4, -0.2) is 40.5 Å². The molecule has 0 aliphatic heterocycles. The van der Waals surface area contributed by atoms with E-state index in [1.807, 2.05) is 102 Å². The predicted octanol–water partition coefficient (Wildman–Crippen LogP) is 5.38. The number of rotatable bonds is 7. The molecule has 4 rings (SSSR count). The van der Waals surface area contributed by atoms with E-state index in [-0.39, 0.29) is 11.7 Å². The molecule has 6 nitrogen and oxygen atoms in total. The summed E-state index contributed by atoms with van der Waals surface area (Å²) in [7, 11) is 3.96. The van der Waals surface area contributed by atoms with Gasteiger partial charge in [0, 0.05) is 41.7 Å². The summed E-state index contributed by atoms with van der Waals surface area (Å²) in [6.07, 6.45) is 0. The lowest BCUT2D eigenvalue weighted by atomic mass is 10.2. The lowest BCUT2D eigenvalue weighted by Crippen LogP contribution is -2.15. The van der Waals surface area contributed by atoms with Crippen molar-refractivity contribution in [2.45, 2.75) is 5.16 Å². The molecular formula is C24H22ClN5OS. The van der Waals surface area contributed by atoms with Gasteiger partial charge < -0.3 is 10.2 Å². The van der Waals surface area contributed by atoms with Gasteiger partial charge in [0.1, 0.15) is 0 Å². The molecule has 0 spiro atoms. The number of nitrogens with zero attached hydrogens (tertiary/aromatic N) is 4. The Bertz CT molecular complexity index is 1190. The van der Waals surface area contributed by atoms with E-state index in [0.29, 0.717) is 16.0 Å². The van der Waals surface area contributed by atoms with Crippen LogP contribution < -0.4 is 10.2 Å². The second kappa shape index (κ2) is 9.89. The SMILES string of the molecule is CN(C)c1ccc(NC(=O)CSc2nnc(-c3ccc(Cl)cc3)n2-c2ccccc2)cc1. The van der Waals surface area contributed by atoms with Crippen molar-refractivity contribution in [1.29, 1.82) is 0 Å². The largest absolute Gasteiger partial charge is 0.378 e. The molecule has 0 radical (unpaired) electrons. The van der Waals surface area contributed by atoms with E-state index in [1.165, 1.54) is 11.8 Å². The van der Waals surface area contributed by atoms with E-state index in [9.17, 15) is 4.79 Å². The quantitative estimate of drug-likeness (QED) is 0.372. The van der Waals surface area contributed by atoms with Crippen LogP contribution in [0.15, 0.2) is 84.0 Å². The highest BCUT2D eigenvalue weighted by Crippen LogP contribution is 2.28. The van der Waals surface area contributed by atoms with Crippen molar-refractivity contribution < 1.29 is 4.79 Å². The Hall–Kier alpha value is -3.29. The number of hydrogen-bond acceptors (Lipinski definition) is 5. The molecule has 0 fully saturated rings. The lowest BCUT2D eigenvalue weighted by Gasteiger charge is -2.13. The van der Waals surface area contributed by atoms with Crippen LogP contribution >= 0.6 is 23.4 Å². The zero-order valence-corrected chi connectivity index (χ0v) is 19.3. The predicted molar refractivity (Wildman–Crippen MR) is 132 cm³/mol. The number of benzene rings is 3. The Kier molecular flexibility index (Phi) is 6.78. The monoisotopic (exact) mass is 463 g/mol. The van der Waals surface area contributed by atoms with Crippen molar-refractivity contribution >= 4 is 40.6 Å². The smallest absolute Gasteiger partial charge is 0.234 e. The zero-order valence-electron chi connectivity index (χ0n) is 17.7. The third-order valence-electron chi connectivity index (χ3n) is 4.75. The van der Waals surface area contributed by atoms with Gasteiger partial charge >= 0.3 is 0 Å². The zero-order chi connectivity index (χ0) is 22.5. The maximum atomic E-state index is 12.6. The summed E-state index contributed by atoms with van der Waals surface area (Å²) in [5, 5.41) is 13.0. The van der Waals surface area contributed by atoms with Crippen molar-refractivity contribution in [1.82, 2.24) is 14.8 Å². The van der Waals surface area contributed by atoms with E-state index >= 15 is 0 Å². The average Bonchev–Trinajstić information content (AvgIpc) is 3.23. The number of amides is 1. The molecule has 3 aromatic carbocycles. The number of aromatic nitrogens is 3. The molecule has 1 N–H and O–H groups in total. The van der Waals surface area contributed by atoms with Crippen LogP contribution in [0.5, 0.6) is 0 Å². The third-order valence-corrected chi connectivity index (χ3v) is 5.93. The van der Waals surface area contributed by atoms with E-state index in [0.717, 1.165) is 22.6 Å². The number of para-hydroxylation sites is 1. The molecule has 4 aromatic rings. The minimum absolute atomic E-state index is 0.108. The van der Waals surface area contributed by atoms with Crippen molar-refractivity contribution in [3.63, 3.8) is 0 Å². The first kappa shape index (κ1) is 21.9. The summed E-state index contributed by atoms with van der Waals surface area (Å²) in [6.45, 7) is 0. The molecule has 0 aliphatic carbocycles. The van der Waals surface area contributed by atoms with Gasteiger partial charge in [-0.05, 0) is 60.7 Å². The summed E-state index contributed by atoms with van der Waals surface area (Å²) in [5.74, 6) is 0.791. The molecule has 0 aliphatic rings. The molecule has 0 saturated carbocycles. The van der Waals surface area contributed by atoms with Gasteiger partial charge in [0.25, 0.3) is 0 Å². The molecule has 1 amide bonds. The van der Waals surface area contributed by atoms with Gasteiger partial charge in [-0.3, -0.25) is 9.36 Å². The molecule has 1 heterocycles. The number of anilines is 2. The number of nitrogens with one attached hydrogen (secondary N) is 1. The first-order valence-corrected chi connectivity index (χ1v) is 11.3. The molecule has 32 heavy (non-hydrogen) atoms. The number of thioether (sulfide) groups is 1. The lowest BCUT2D eigenvalue weighted by molar-refractivity contribution is -0.113. The minimum Gasteiger partial charge on any atom is -0.378 e. The highest BCUT2D eigenvalue weighted by Gasteiger charge is 2.17. The summed E-state index contributed by atoms with van der Waals surface area (Å²) >= 11 is 7.38. The standard InChI is InChI=1S/C24H22ClN5OS/c1-29(2)20-14-12-19(13-15-20)26-22(31)16-32-24-28-27-23(17-8-10-18(25)11-9-17)30(24)21-6-4-3-5-7-21/h3-15H,16H2,1-2H3,(H,26,31). The highest BCUT2D eigenvalue weighted by molar-refractivity contribution is 7.99. The summed E-state index contributed by atoms with van der Waals surface area (Å²) < 4.78 is 1.95. The minimum atomic E-state index is -0.108. The molecule has 0 bridgehead atoms. The van der Waals surface area contributed by atoms with Crippen molar-refractivity contribution in [3.05, 3.63) is 83.9 Å². The second-order valence-electron chi connectivity index (χ2n) is 7.26. The molecule has 0 saturated heterocycles. The Labute approximate surface area is 196 Å². The number of halogens is 1. The maximum absolute atomic E-state index is 12.6. The van der Waals surface area contributed by atoms with Gasteiger partial charge in [-0.2, -0.15) is 0 Å². The van der Waals surface area contributed by atoms with Gasteiger partial charge in [0.15, 0.2) is 11.0 Å². The van der Waals surface area contributed by atoms with Crippen molar-refractivity contribution in [2.24, 2.45) is 0 Å². The van der Waals surface area contributed by atoms with Crippen LogP contribution in [0.1, 0.15) is 0 Å². The summed E-state index contributed by atoms with van der Waals surface area (Å²) in [5.41, 5.74) is 3.64. The van der Waals surface area contributed by atoms with Crippen molar-refractivity contribution in [3.8, 4) is 17.1 Å². The van der Waals surface area contributed by atoms with Gasteiger partial charge in [0.2, 0.25) is 5.91 Å². The van der Waals surface area contributed by atoms with Gasteiger partial charge in [-0.15, -0.1) is 10.2 Å². The number of carbonyl (C=O) groups excluding carboxylic acids is 1. The fourth-order valence-electron chi connectivity index (χ4n) is 3.13. The Morgan fingerprint density at radius 3 is 2.31 bits per heavy atom. The maximum Gasteiger partial charge on any atom is 0.234 e. The molecular weight excluding hydrogens is 442 g/mol. The first-order chi connectivity index (χ1) is 15.5. The third kappa shape index (κ3) is 5.12. The highest BCUT2D eigenvalue weighted by atomic mass is 35.5. The average molecular weight is 464 g/mol. The van der Waals surface area contributed by atoms with Crippen LogP contribution in [0.25, 0.3) is 17.1 Å². The summed E-state index contributed by atoms with van der Waals surface area (Å²) in [6, 6.07) is 25.0. The molecule has 0 unspecified atom stereocenters. The number of carbonyl (C=O) groups is 1. The van der Waals surface area contributed by atoms with Crippen LogP contribution in [0, 0.1) is 0 Å². The Morgan fingerprint density at radius 2 is 1.66 bits per heavy atom. The van der Waals surface area contributed by atoms with Crippen molar-refractivity contribution in [2.75, 3.05) is 30.1 Å².